The number of para-hydroxylation sites is 1. The number of ether oxygens (including phenoxy) is 2. The van der Waals surface area contributed by atoms with Crippen molar-refractivity contribution in [2.24, 2.45) is 0 Å². The first kappa shape index (κ1) is 18.8. The monoisotopic (exact) mass is 393 g/mol. The summed E-state index contributed by atoms with van der Waals surface area (Å²) in [6.07, 6.45) is -0.868. The summed E-state index contributed by atoms with van der Waals surface area (Å²) in [5.41, 5.74) is 2.24. The highest BCUT2D eigenvalue weighted by atomic mass is 19.1. The van der Waals surface area contributed by atoms with Crippen LogP contribution in [-0.4, -0.2) is 18.1 Å². The van der Waals surface area contributed by atoms with E-state index in [-0.39, 0.29) is 12.4 Å². The summed E-state index contributed by atoms with van der Waals surface area (Å²) in [6, 6.07) is 17.8. The highest BCUT2D eigenvalue weighted by Gasteiger charge is 2.27. The second kappa shape index (κ2) is 7.81. The van der Waals surface area contributed by atoms with E-state index in [2.05, 4.69) is 5.32 Å². The van der Waals surface area contributed by atoms with Crippen molar-refractivity contribution in [1.29, 1.82) is 0 Å². The number of methoxy groups -OCH3 is 1. The summed E-state index contributed by atoms with van der Waals surface area (Å²) in [5.74, 6) is 0.144. The Bertz CT molecular complexity index is 1040. The molecule has 0 saturated carbocycles. The van der Waals surface area contributed by atoms with Gasteiger partial charge in [-0.05, 0) is 54.1 Å². The third-order valence-corrected chi connectivity index (χ3v) is 4.71. The minimum absolute atomic E-state index is 0.152. The van der Waals surface area contributed by atoms with Crippen LogP contribution in [0.4, 0.5) is 10.1 Å². The topological polar surface area (TPSA) is 73.9 Å². The van der Waals surface area contributed by atoms with Gasteiger partial charge in [-0.3, -0.25) is 4.79 Å². The maximum atomic E-state index is 13.1. The van der Waals surface area contributed by atoms with E-state index in [0.717, 1.165) is 0 Å². The third kappa shape index (κ3) is 3.72. The molecule has 0 aliphatic carbocycles. The molecule has 29 heavy (non-hydrogen) atoms. The molecule has 7 heteroatoms. The Morgan fingerprint density at radius 1 is 1.10 bits per heavy atom. The van der Waals surface area contributed by atoms with Crippen LogP contribution in [0.15, 0.2) is 66.7 Å². The molecule has 4 rings (SSSR count). The lowest BCUT2D eigenvalue weighted by molar-refractivity contribution is 0.0771. The van der Waals surface area contributed by atoms with Crippen molar-refractivity contribution < 1.29 is 18.7 Å². The molecule has 1 unspecified atom stereocenters. The summed E-state index contributed by atoms with van der Waals surface area (Å²) in [5, 5.41) is 16.1. The fourth-order valence-electron chi connectivity index (χ4n) is 3.23. The van der Waals surface area contributed by atoms with E-state index in [1.54, 1.807) is 42.5 Å². The van der Waals surface area contributed by atoms with E-state index in [9.17, 15) is 14.4 Å². The van der Waals surface area contributed by atoms with Crippen LogP contribution >= 0.6 is 0 Å². The summed E-state index contributed by atoms with van der Waals surface area (Å²) in [6.45, 7) is 0.152. The number of benzene rings is 3. The van der Waals surface area contributed by atoms with E-state index in [1.807, 2.05) is 0 Å². The number of nitrogens with one attached hydrogen (secondary N) is 1. The second-order valence-corrected chi connectivity index (χ2v) is 6.54. The highest BCUT2D eigenvalue weighted by Crippen LogP contribution is 2.34. The molecule has 1 aliphatic heterocycles. The first-order chi connectivity index (χ1) is 14.1. The third-order valence-electron chi connectivity index (χ3n) is 4.71. The molecular weight excluding hydrogens is 375 g/mol. The first-order valence-corrected chi connectivity index (χ1v) is 8.98. The van der Waals surface area contributed by atoms with Crippen molar-refractivity contribution in [3.8, 4) is 11.5 Å². The van der Waals surface area contributed by atoms with Crippen LogP contribution in [0.5, 0.6) is 11.5 Å². The summed E-state index contributed by atoms with van der Waals surface area (Å²) in [4.78, 5) is 12.4. The number of amides is 1. The Balaban J connectivity index is 1.61. The lowest BCUT2D eigenvalue weighted by Crippen LogP contribution is -2.39. The second-order valence-electron chi connectivity index (χ2n) is 6.54. The molecule has 6 nitrogen and oxygen atoms in total. The van der Waals surface area contributed by atoms with Crippen LogP contribution in [0.2, 0.25) is 0 Å². The lowest BCUT2D eigenvalue weighted by Gasteiger charge is -2.42. The number of carbonyl (C=O) groups excluding carboxylic acids is 1. The van der Waals surface area contributed by atoms with Gasteiger partial charge in [-0.15, -0.1) is 0 Å². The van der Waals surface area contributed by atoms with Crippen molar-refractivity contribution in [3.63, 3.8) is 0 Å². The van der Waals surface area contributed by atoms with E-state index < -0.39 is 12.1 Å². The Hall–Kier alpha value is -3.58. The van der Waals surface area contributed by atoms with E-state index in [4.69, 9.17) is 9.47 Å². The number of halogens is 1. The number of hydrogen-bond acceptors (Lipinski definition) is 5. The zero-order valence-corrected chi connectivity index (χ0v) is 15.6. The fourth-order valence-corrected chi connectivity index (χ4v) is 3.23. The Labute approximate surface area is 167 Å². The van der Waals surface area contributed by atoms with Gasteiger partial charge in [0.1, 0.15) is 30.1 Å². The smallest absolute Gasteiger partial charge is 0.247 e. The highest BCUT2D eigenvalue weighted by molar-refractivity contribution is 6.01. The normalized spacial score (nSPS) is 15.5. The lowest BCUT2D eigenvalue weighted by atomic mass is 10.0. The molecule has 3 aromatic rings. The molecular formula is C22H18FN2O4-. The average molecular weight is 393 g/mol. The van der Waals surface area contributed by atoms with Crippen LogP contribution in [0.1, 0.15) is 27.7 Å². The number of fused-ring (bicyclic) bond motifs is 1. The number of hydrogen-bond donors (Lipinski definition) is 1. The standard InChI is InChI=1S/C22H18FN2O4/c1-28-20-11-6-14(12-15(20)13-29-17-9-7-16(23)8-10-17)21-24-19-5-3-2-4-18(19)22(26)25(21)27/h2-12,21,24H,13H2,1H3/q-1. The molecule has 0 spiro atoms. The molecule has 0 bridgehead atoms. The van der Waals surface area contributed by atoms with Crippen molar-refractivity contribution in [2.45, 2.75) is 12.8 Å². The Kier molecular flexibility index (Phi) is 5.05. The van der Waals surface area contributed by atoms with Crippen LogP contribution in [0.3, 0.4) is 0 Å². The van der Waals surface area contributed by atoms with Gasteiger partial charge in [0.15, 0.2) is 0 Å². The molecule has 1 amide bonds. The Morgan fingerprint density at radius 3 is 2.62 bits per heavy atom. The number of hydroxylamine groups is 2. The maximum absolute atomic E-state index is 13.1. The minimum Gasteiger partial charge on any atom is -0.754 e. The molecule has 3 aromatic carbocycles. The molecule has 0 radical (unpaired) electrons. The zero-order valence-electron chi connectivity index (χ0n) is 15.6. The molecule has 148 valence electrons. The molecule has 1 aliphatic rings. The van der Waals surface area contributed by atoms with Gasteiger partial charge in [0, 0.05) is 11.3 Å². The van der Waals surface area contributed by atoms with Gasteiger partial charge < -0.3 is 25.1 Å². The number of rotatable bonds is 5. The van der Waals surface area contributed by atoms with Gasteiger partial charge in [-0.1, -0.05) is 18.2 Å². The fraction of sp³-hybridized carbons (Fsp3) is 0.136. The molecule has 0 aromatic heterocycles. The molecule has 1 atom stereocenters. The van der Waals surface area contributed by atoms with Crippen LogP contribution in [0.25, 0.3) is 0 Å². The van der Waals surface area contributed by atoms with Crippen molar-refractivity contribution in [1.82, 2.24) is 5.06 Å². The van der Waals surface area contributed by atoms with E-state index >= 15 is 0 Å². The molecule has 0 saturated heterocycles. The van der Waals surface area contributed by atoms with Crippen LogP contribution < -0.4 is 14.8 Å². The summed E-state index contributed by atoms with van der Waals surface area (Å²) in [7, 11) is 1.54. The Morgan fingerprint density at radius 2 is 1.86 bits per heavy atom. The molecule has 1 heterocycles. The predicted molar refractivity (Wildman–Crippen MR) is 106 cm³/mol. The average Bonchev–Trinajstić information content (AvgIpc) is 2.75. The quantitative estimate of drug-likeness (QED) is 0.692. The molecule has 1 N–H and O–H groups in total. The maximum Gasteiger partial charge on any atom is 0.247 e. The van der Waals surface area contributed by atoms with Gasteiger partial charge in [0.25, 0.3) is 0 Å². The van der Waals surface area contributed by atoms with Gasteiger partial charge in [0.05, 0.1) is 12.7 Å². The largest absolute Gasteiger partial charge is 0.754 e. The first-order valence-electron chi connectivity index (χ1n) is 8.98. The van der Waals surface area contributed by atoms with E-state index in [0.29, 0.717) is 38.9 Å². The van der Waals surface area contributed by atoms with Gasteiger partial charge in [0.2, 0.25) is 5.91 Å². The number of nitrogens with zero attached hydrogens (tertiary/aromatic N) is 1. The van der Waals surface area contributed by atoms with Gasteiger partial charge >= 0.3 is 0 Å². The number of carbonyl (C=O) groups is 1. The van der Waals surface area contributed by atoms with Crippen molar-refractivity contribution >= 4 is 11.6 Å². The summed E-state index contributed by atoms with van der Waals surface area (Å²) < 4.78 is 24.1. The predicted octanol–water partition coefficient (Wildman–Crippen LogP) is 4.48. The SMILES string of the molecule is COc1ccc(C2Nc3ccccc3C(=O)N2[O-])cc1COc1ccc(F)cc1. The van der Waals surface area contributed by atoms with Crippen LogP contribution in [0, 0.1) is 11.0 Å². The minimum atomic E-state index is -0.868. The van der Waals surface area contributed by atoms with Crippen molar-refractivity contribution in [2.75, 3.05) is 12.4 Å². The van der Waals surface area contributed by atoms with Gasteiger partial charge in [-0.25, -0.2) is 4.39 Å². The van der Waals surface area contributed by atoms with Crippen molar-refractivity contribution in [3.05, 3.63) is 94.4 Å². The van der Waals surface area contributed by atoms with E-state index in [1.165, 1.54) is 31.4 Å². The summed E-state index contributed by atoms with van der Waals surface area (Å²) >= 11 is 0. The van der Waals surface area contributed by atoms with Crippen LogP contribution in [-0.2, 0) is 6.61 Å². The molecule has 0 fully saturated rings. The number of anilines is 1. The zero-order chi connectivity index (χ0) is 20.4. The van der Waals surface area contributed by atoms with Gasteiger partial charge in [-0.2, -0.15) is 0 Å².